The fourth-order valence-electron chi connectivity index (χ4n) is 2.62. The number of pyridine rings is 1. The Balaban J connectivity index is 1.67. The second-order valence-corrected chi connectivity index (χ2v) is 7.06. The van der Waals surface area contributed by atoms with E-state index in [-0.39, 0.29) is 30.1 Å². The average molecular weight is 387 g/mol. The van der Waals surface area contributed by atoms with Gasteiger partial charge in [-0.15, -0.1) is 11.3 Å². The predicted molar refractivity (Wildman–Crippen MR) is 103 cm³/mol. The maximum atomic E-state index is 12.6. The lowest BCUT2D eigenvalue weighted by molar-refractivity contribution is -0.116. The fraction of sp³-hybridized carbons (Fsp3) is 0.389. The van der Waals surface area contributed by atoms with Crippen molar-refractivity contribution in [2.45, 2.75) is 46.6 Å². The van der Waals surface area contributed by atoms with Crippen molar-refractivity contribution < 1.29 is 9.32 Å². The van der Waals surface area contributed by atoms with Crippen molar-refractivity contribution in [1.82, 2.24) is 19.7 Å². The van der Waals surface area contributed by atoms with Crippen molar-refractivity contribution in [1.29, 1.82) is 0 Å². The molecule has 1 N–H and O–H groups in total. The number of aromatic nitrogens is 4. The summed E-state index contributed by atoms with van der Waals surface area (Å²) in [6, 6.07) is 3.57. The first-order valence-corrected chi connectivity index (χ1v) is 9.61. The first kappa shape index (κ1) is 19.0. The number of nitrogens with one attached hydrogen (secondary N) is 1. The SMILES string of the molecule is CCCn1c(C)ccc(-c2noc(CCC(=O)Nc3nc(C)cs3)n2)c1=O. The predicted octanol–water partition coefficient (Wildman–Crippen LogP) is 2.95. The first-order valence-electron chi connectivity index (χ1n) is 8.73. The molecule has 3 rings (SSSR count). The molecule has 0 atom stereocenters. The molecule has 3 aromatic heterocycles. The summed E-state index contributed by atoms with van der Waals surface area (Å²) in [6.07, 6.45) is 1.34. The number of hydrogen-bond acceptors (Lipinski definition) is 7. The minimum atomic E-state index is -0.176. The summed E-state index contributed by atoms with van der Waals surface area (Å²) in [5.41, 5.74) is 2.01. The van der Waals surface area contributed by atoms with Crippen LogP contribution in [-0.2, 0) is 17.8 Å². The van der Waals surface area contributed by atoms with Gasteiger partial charge >= 0.3 is 0 Å². The largest absolute Gasteiger partial charge is 0.339 e. The molecular weight excluding hydrogens is 366 g/mol. The summed E-state index contributed by atoms with van der Waals surface area (Å²) in [7, 11) is 0. The molecule has 3 heterocycles. The number of rotatable bonds is 7. The highest BCUT2D eigenvalue weighted by molar-refractivity contribution is 7.13. The van der Waals surface area contributed by atoms with Crippen LogP contribution < -0.4 is 10.9 Å². The van der Waals surface area contributed by atoms with E-state index >= 15 is 0 Å². The Morgan fingerprint density at radius 2 is 2.11 bits per heavy atom. The van der Waals surface area contributed by atoms with E-state index in [2.05, 4.69) is 20.4 Å². The van der Waals surface area contributed by atoms with Crippen LogP contribution in [0.4, 0.5) is 5.13 Å². The van der Waals surface area contributed by atoms with Crippen molar-refractivity contribution in [2.75, 3.05) is 5.32 Å². The van der Waals surface area contributed by atoms with Crippen LogP contribution in [0.1, 0.15) is 37.0 Å². The Morgan fingerprint density at radius 3 is 2.81 bits per heavy atom. The number of anilines is 1. The minimum absolute atomic E-state index is 0.138. The summed E-state index contributed by atoms with van der Waals surface area (Å²) < 4.78 is 6.91. The molecule has 3 aromatic rings. The van der Waals surface area contributed by atoms with E-state index in [1.54, 1.807) is 10.6 Å². The van der Waals surface area contributed by atoms with Gasteiger partial charge in [-0.3, -0.25) is 9.59 Å². The summed E-state index contributed by atoms with van der Waals surface area (Å²) in [6.45, 7) is 6.42. The number of nitrogens with zero attached hydrogens (tertiary/aromatic N) is 4. The molecule has 0 aromatic carbocycles. The van der Waals surface area contributed by atoms with E-state index in [4.69, 9.17) is 4.52 Å². The second-order valence-electron chi connectivity index (χ2n) is 6.20. The molecule has 0 spiro atoms. The lowest BCUT2D eigenvalue weighted by Crippen LogP contribution is -2.23. The molecule has 0 radical (unpaired) electrons. The Kier molecular flexibility index (Phi) is 5.80. The minimum Gasteiger partial charge on any atom is -0.339 e. The van der Waals surface area contributed by atoms with Crippen LogP contribution in [0.25, 0.3) is 11.4 Å². The van der Waals surface area contributed by atoms with E-state index in [1.807, 2.05) is 32.2 Å². The van der Waals surface area contributed by atoms with Gasteiger partial charge in [-0.2, -0.15) is 4.98 Å². The molecule has 0 fully saturated rings. The highest BCUT2D eigenvalue weighted by atomic mass is 32.1. The van der Waals surface area contributed by atoms with Crippen molar-refractivity contribution in [3.8, 4) is 11.4 Å². The number of carbonyl (C=O) groups excluding carboxylic acids is 1. The third-order valence-corrected chi connectivity index (χ3v) is 4.86. The molecule has 0 unspecified atom stereocenters. The monoisotopic (exact) mass is 387 g/mol. The third kappa shape index (κ3) is 4.48. The highest BCUT2D eigenvalue weighted by Gasteiger charge is 2.15. The van der Waals surface area contributed by atoms with Crippen LogP contribution in [0.2, 0.25) is 0 Å². The van der Waals surface area contributed by atoms with Gasteiger partial charge in [0.05, 0.1) is 11.3 Å². The molecule has 9 heteroatoms. The smallest absolute Gasteiger partial charge is 0.261 e. The van der Waals surface area contributed by atoms with Crippen LogP contribution >= 0.6 is 11.3 Å². The van der Waals surface area contributed by atoms with E-state index in [9.17, 15) is 9.59 Å². The second kappa shape index (κ2) is 8.26. The number of aryl methyl sites for hydroxylation is 3. The number of thiazole rings is 1. The van der Waals surface area contributed by atoms with Gasteiger partial charge in [0.15, 0.2) is 5.13 Å². The van der Waals surface area contributed by atoms with E-state index in [0.717, 1.165) is 17.8 Å². The van der Waals surface area contributed by atoms with Crippen LogP contribution in [0.5, 0.6) is 0 Å². The highest BCUT2D eigenvalue weighted by Crippen LogP contribution is 2.16. The van der Waals surface area contributed by atoms with Gasteiger partial charge < -0.3 is 14.4 Å². The van der Waals surface area contributed by atoms with E-state index < -0.39 is 0 Å². The van der Waals surface area contributed by atoms with Gasteiger partial charge in [0.2, 0.25) is 17.6 Å². The zero-order chi connectivity index (χ0) is 19.4. The van der Waals surface area contributed by atoms with Crippen molar-refractivity contribution in [3.05, 3.63) is 45.1 Å². The molecular formula is C18H21N5O3S. The molecule has 27 heavy (non-hydrogen) atoms. The Bertz CT molecular complexity index is 1000. The van der Waals surface area contributed by atoms with E-state index in [1.165, 1.54) is 11.3 Å². The van der Waals surface area contributed by atoms with Crippen molar-refractivity contribution >= 4 is 22.4 Å². The molecule has 0 aliphatic rings. The van der Waals surface area contributed by atoms with Crippen LogP contribution in [0.15, 0.2) is 26.8 Å². The van der Waals surface area contributed by atoms with Crippen molar-refractivity contribution in [2.24, 2.45) is 0 Å². The zero-order valence-electron chi connectivity index (χ0n) is 15.5. The quantitative estimate of drug-likeness (QED) is 0.668. The molecule has 8 nitrogen and oxygen atoms in total. The van der Waals surface area contributed by atoms with Gasteiger partial charge in [0.25, 0.3) is 5.56 Å². The summed E-state index contributed by atoms with van der Waals surface area (Å²) in [5.74, 6) is 0.387. The van der Waals surface area contributed by atoms with Gasteiger partial charge in [0.1, 0.15) is 0 Å². The van der Waals surface area contributed by atoms with Crippen molar-refractivity contribution in [3.63, 3.8) is 0 Å². The first-order chi connectivity index (χ1) is 13.0. The van der Waals surface area contributed by atoms with Crippen LogP contribution in [-0.4, -0.2) is 25.6 Å². The fourth-order valence-corrected chi connectivity index (χ4v) is 3.33. The summed E-state index contributed by atoms with van der Waals surface area (Å²) >= 11 is 1.38. The Hall–Kier alpha value is -2.81. The standard InChI is InChI=1S/C18H21N5O3S/c1-4-9-23-12(3)5-6-13(17(23)25)16-21-15(26-22-16)8-7-14(24)20-18-19-11(2)10-27-18/h5-6,10H,4,7-9H2,1-3H3,(H,19,20,24). The number of carbonyl (C=O) groups is 1. The summed E-state index contributed by atoms with van der Waals surface area (Å²) in [4.78, 5) is 33.1. The van der Waals surface area contributed by atoms with Gasteiger partial charge in [-0.25, -0.2) is 4.98 Å². The maximum Gasteiger partial charge on any atom is 0.261 e. The van der Waals surface area contributed by atoms with Gasteiger partial charge in [0, 0.05) is 30.5 Å². The van der Waals surface area contributed by atoms with Crippen LogP contribution in [0, 0.1) is 13.8 Å². The Labute approximate surface area is 160 Å². The topological polar surface area (TPSA) is 103 Å². The molecule has 0 bridgehead atoms. The molecule has 1 amide bonds. The van der Waals surface area contributed by atoms with Gasteiger partial charge in [-0.05, 0) is 32.4 Å². The van der Waals surface area contributed by atoms with E-state index in [0.29, 0.717) is 23.1 Å². The Morgan fingerprint density at radius 1 is 1.30 bits per heavy atom. The summed E-state index contributed by atoms with van der Waals surface area (Å²) in [5, 5.41) is 9.07. The van der Waals surface area contributed by atoms with Gasteiger partial charge in [-0.1, -0.05) is 12.1 Å². The average Bonchev–Trinajstić information content (AvgIpc) is 3.26. The molecule has 0 aliphatic heterocycles. The molecule has 0 saturated heterocycles. The zero-order valence-corrected chi connectivity index (χ0v) is 16.3. The lowest BCUT2D eigenvalue weighted by Gasteiger charge is -2.09. The molecule has 142 valence electrons. The third-order valence-electron chi connectivity index (χ3n) is 3.98. The maximum absolute atomic E-state index is 12.6. The molecule has 0 aliphatic carbocycles. The normalized spacial score (nSPS) is 10.9. The lowest BCUT2D eigenvalue weighted by atomic mass is 10.2. The van der Waals surface area contributed by atoms with Crippen LogP contribution in [0.3, 0.4) is 0 Å². The number of hydrogen-bond donors (Lipinski definition) is 1. The molecule has 0 saturated carbocycles. The number of amides is 1.